The van der Waals surface area contributed by atoms with Crippen LogP contribution in [0.5, 0.6) is 5.75 Å². The van der Waals surface area contributed by atoms with E-state index in [0.717, 1.165) is 10.5 Å². The van der Waals surface area contributed by atoms with Crippen molar-refractivity contribution >= 4 is 86.4 Å². The van der Waals surface area contributed by atoms with Crippen molar-refractivity contribution in [2.24, 2.45) is 0 Å². The highest BCUT2D eigenvalue weighted by Crippen LogP contribution is 2.32. The van der Waals surface area contributed by atoms with Crippen molar-refractivity contribution in [3.63, 3.8) is 0 Å². The van der Waals surface area contributed by atoms with E-state index in [9.17, 15) is 18.8 Å². The number of imide groups is 2. The summed E-state index contributed by atoms with van der Waals surface area (Å²) >= 11 is 10.3. The SMILES string of the molecule is Cc1ccc(N2C(=O)NC(=O)/C(=C/c3cc(I)c(OCc4ccccc4F)c(I)c3)C2=O)cc1Cl. The number of benzene rings is 3. The molecule has 3 aromatic carbocycles. The molecule has 178 valence electrons. The molecule has 1 N–H and O–H groups in total. The number of nitrogens with zero attached hydrogens (tertiary/aromatic N) is 1. The van der Waals surface area contributed by atoms with Crippen LogP contribution in [0, 0.1) is 19.9 Å². The van der Waals surface area contributed by atoms with Crippen molar-refractivity contribution in [3.8, 4) is 5.75 Å². The molecule has 0 radical (unpaired) electrons. The number of barbiturate groups is 1. The zero-order valence-electron chi connectivity index (χ0n) is 18.1. The number of hydrogen-bond acceptors (Lipinski definition) is 4. The summed E-state index contributed by atoms with van der Waals surface area (Å²) in [6.45, 7) is 1.85. The van der Waals surface area contributed by atoms with Gasteiger partial charge in [0.1, 0.15) is 23.7 Å². The quantitative estimate of drug-likeness (QED) is 0.193. The Morgan fingerprint density at radius 3 is 2.40 bits per heavy atom. The average Bonchev–Trinajstić information content (AvgIpc) is 2.79. The predicted octanol–water partition coefficient (Wildman–Crippen LogP) is 6.24. The number of ether oxygens (including phenoxy) is 1. The van der Waals surface area contributed by atoms with Crippen molar-refractivity contribution in [1.82, 2.24) is 5.32 Å². The predicted molar refractivity (Wildman–Crippen MR) is 148 cm³/mol. The average molecular weight is 717 g/mol. The Bertz CT molecular complexity index is 1390. The summed E-state index contributed by atoms with van der Waals surface area (Å²) in [7, 11) is 0. The van der Waals surface area contributed by atoms with Gasteiger partial charge in [-0.2, -0.15) is 0 Å². The maximum atomic E-state index is 13.9. The lowest BCUT2D eigenvalue weighted by molar-refractivity contribution is -0.122. The van der Waals surface area contributed by atoms with Crippen molar-refractivity contribution < 1.29 is 23.5 Å². The first-order chi connectivity index (χ1) is 16.7. The van der Waals surface area contributed by atoms with Gasteiger partial charge in [0.25, 0.3) is 11.8 Å². The van der Waals surface area contributed by atoms with Crippen LogP contribution in [-0.4, -0.2) is 17.8 Å². The van der Waals surface area contributed by atoms with Crippen LogP contribution in [0.25, 0.3) is 6.08 Å². The summed E-state index contributed by atoms with van der Waals surface area (Å²) in [6.07, 6.45) is 1.41. The van der Waals surface area contributed by atoms with Crippen LogP contribution in [0.3, 0.4) is 0 Å². The number of carbonyl (C=O) groups excluding carboxylic acids is 3. The molecule has 6 nitrogen and oxygen atoms in total. The monoisotopic (exact) mass is 716 g/mol. The van der Waals surface area contributed by atoms with Gasteiger partial charge in [-0.1, -0.05) is 35.9 Å². The molecule has 0 aliphatic carbocycles. The summed E-state index contributed by atoms with van der Waals surface area (Å²) in [5, 5.41) is 2.59. The van der Waals surface area contributed by atoms with Crippen molar-refractivity contribution in [1.29, 1.82) is 0 Å². The van der Waals surface area contributed by atoms with Crippen LogP contribution >= 0.6 is 56.8 Å². The molecule has 1 aliphatic rings. The molecule has 1 fully saturated rings. The van der Waals surface area contributed by atoms with Crippen molar-refractivity contribution in [2.45, 2.75) is 13.5 Å². The lowest BCUT2D eigenvalue weighted by Crippen LogP contribution is -2.54. The van der Waals surface area contributed by atoms with Crippen LogP contribution in [0.1, 0.15) is 16.7 Å². The second-order valence-corrected chi connectivity index (χ2v) is 10.3. The van der Waals surface area contributed by atoms with Gasteiger partial charge in [-0.25, -0.2) is 14.1 Å². The Morgan fingerprint density at radius 2 is 1.74 bits per heavy atom. The van der Waals surface area contributed by atoms with E-state index in [1.807, 2.05) is 0 Å². The molecule has 0 unspecified atom stereocenters. The van der Waals surface area contributed by atoms with E-state index >= 15 is 0 Å². The highest BCUT2D eigenvalue weighted by Gasteiger charge is 2.37. The van der Waals surface area contributed by atoms with Gasteiger partial charge in [-0.15, -0.1) is 0 Å². The largest absolute Gasteiger partial charge is 0.487 e. The number of halogens is 4. The first-order valence-corrected chi connectivity index (χ1v) is 12.7. The number of carbonyl (C=O) groups is 3. The minimum Gasteiger partial charge on any atom is -0.487 e. The number of nitrogens with one attached hydrogen (secondary N) is 1. The van der Waals surface area contributed by atoms with E-state index in [-0.39, 0.29) is 23.7 Å². The van der Waals surface area contributed by atoms with Crippen LogP contribution in [-0.2, 0) is 16.2 Å². The summed E-state index contributed by atoms with van der Waals surface area (Å²) < 4.78 is 21.2. The molecule has 4 amide bonds. The first-order valence-electron chi connectivity index (χ1n) is 10.2. The molecule has 0 aromatic heterocycles. The molecule has 4 rings (SSSR count). The summed E-state index contributed by atoms with van der Waals surface area (Å²) in [4.78, 5) is 39.0. The second-order valence-electron chi connectivity index (χ2n) is 7.59. The van der Waals surface area contributed by atoms with E-state index < -0.39 is 17.8 Å². The van der Waals surface area contributed by atoms with Crippen LogP contribution in [0.2, 0.25) is 5.02 Å². The molecule has 10 heteroatoms. The fourth-order valence-electron chi connectivity index (χ4n) is 3.35. The molecule has 1 saturated heterocycles. The van der Waals surface area contributed by atoms with Gasteiger partial charge < -0.3 is 4.74 Å². The molecule has 35 heavy (non-hydrogen) atoms. The van der Waals surface area contributed by atoms with Gasteiger partial charge in [0.05, 0.1) is 12.8 Å². The lowest BCUT2D eigenvalue weighted by atomic mass is 10.1. The van der Waals surface area contributed by atoms with Crippen molar-refractivity contribution in [3.05, 3.63) is 94.8 Å². The van der Waals surface area contributed by atoms with Crippen LogP contribution in [0.4, 0.5) is 14.9 Å². The number of urea groups is 1. The minimum atomic E-state index is -0.849. The standard InChI is InChI=1S/C25H16ClFI2N2O4/c1-13-6-7-16(11-18(13)26)31-24(33)17(23(32)30-25(31)34)8-14-9-20(28)22(21(29)10-14)35-12-15-4-2-3-5-19(15)27/h2-11H,12H2,1H3,(H,30,32,34)/b17-8-. The third kappa shape index (κ3) is 5.51. The summed E-state index contributed by atoms with van der Waals surface area (Å²) in [5.41, 5.74) is 1.83. The Balaban J connectivity index is 1.62. The Labute approximate surface area is 232 Å². The van der Waals surface area contributed by atoms with Gasteiger partial charge in [-0.05, 0) is 99.6 Å². The Kier molecular flexibility index (Phi) is 7.77. The molecule has 3 aromatic rings. The zero-order valence-corrected chi connectivity index (χ0v) is 23.1. The summed E-state index contributed by atoms with van der Waals surface area (Å²) in [5.74, 6) is -1.35. The Morgan fingerprint density at radius 1 is 1.06 bits per heavy atom. The third-order valence-corrected chi connectivity index (χ3v) is 7.19. The van der Waals surface area contributed by atoms with Crippen LogP contribution < -0.4 is 15.0 Å². The van der Waals surface area contributed by atoms with Gasteiger partial charge in [0, 0.05) is 10.6 Å². The normalized spacial score (nSPS) is 14.9. The molecular weight excluding hydrogens is 701 g/mol. The summed E-state index contributed by atoms with van der Waals surface area (Å²) in [6, 6.07) is 13.7. The zero-order chi connectivity index (χ0) is 25.3. The molecule has 0 bridgehead atoms. The molecular formula is C25H16ClFI2N2O4. The van der Waals surface area contributed by atoms with Gasteiger partial charge in [0.15, 0.2) is 0 Å². The van der Waals surface area contributed by atoms with E-state index in [2.05, 4.69) is 50.5 Å². The maximum absolute atomic E-state index is 13.9. The number of anilines is 1. The van der Waals surface area contributed by atoms with Crippen molar-refractivity contribution in [2.75, 3.05) is 4.90 Å². The first kappa shape index (κ1) is 25.6. The van der Waals surface area contributed by atoms with E-state index in [0.29, 0.717) is 29.0 Å². The highest BCUT2D eigenvalue weighted by atomic mass is 127. The smallest absolute Gasteiger partial charge is 0.335 e. The molecule has 1 heterocycles. The third-order valence-electron chi connectivity index (χ3n) is 5.18. The Hall–Kier alpha value is -2.51. The van der Waals surface area contributed by atoms with Gasteiger partial charge >= 0.3 is 6.03 Å². The number of rotatable bonds is 5. The fraction of sp³-hybridized carbons (Fsp3) is 0.0800. The fourth-order valence-corrected chi connectivity index (χ4v) is 5.65. The van der Waals surface area contributed by atoms with E-state index in [1.165, 1.54) is 18.2 Å². The molecule has 1 aliphatic heterocycles. The van der Waals surface area contributed by atoms with Gasteiger partial charge in [-0.3, -0.25) is 14.9 Å². The molecule has 0 saturated carbocycles. The minimum absolute atomic E-state index is 0.0518. The molecule has 0 atom stereocenters. The van der Waals surface area contributed by atoms with E-state index in [1.54, 1.807) is 49.4 Å². The lowest BCUT2D eigenvalue weighted by Gasteiger charge is -2.26. The topological polar surface area (TPSA) is 75.7 Å². The number of aryl methyl sites for hydroxylation is 1. The second kappa shape index (κ2) is 10.6. The maximum Gasteiger partial charge on any atom is 0.335 e. The molecule has 0 spiro atoms. The number of hydrogen-bond donors (Lipinski definition) is 1. The highest BCUT2D eigenvalue weighted by molar-refractivity contribution is 14.1. The van der Waals surface area contributed by atoms with Gasteiger partial charge in [0.2, 0.25) is 0 Å². The number of amides is 4. The van der Waals surface area contributed by atoms with Crippen LogP contribution in [0.15, 0.2) is 60.2 Å². The van der Waals surface area contributed by atoms with E-state index in [4.69, 9.17) is 16.3 Å².